The number of carbonyl (C=O) groups excluding carboxylic acids is 1. The van der Waals surface area contributed by atoms with Crippen molar-refractivity contribution >= 4 is 46.4 Å². The van der Waals surface area contributed by atoms with E-state index in [2.05, 4.69) is 5.32 Å². The number of nitrogens with zero attached hydrogens (tertiary/aromatic N) is 1. The molecule has 8 heteroatoms. The number of benzene rings is 2. The van der Waals surface area contributed by atoms with Crippen LogP contribution in [0.4, 0.5) is 5.69 Å². The summed E-state index contributed by atoms with van der Waals surface area (Å²) in [5.74, 6) is -0.530. The van der Waals surface area contributed by atoms with Crippen LogP contribution in [0.3, 0.4) is 0 Å². The average molecular weight is 374 g/mol. The number of rotatable bonds is 4. The molecule has 2 aromatic carbocycles. The summed E-state index contributed by atoms with van der Waals surface area (Å²) >= 11 is 17.9. The summed E-state index contributed by atoms with van der Waals surface area (Å²) in [6.45, 7) is 1.73. The van der Waals surface area contributed by atoms with E-state index in [0.29, 0.717) is 15.6 Å². The number of nitrogens with one attached hydrogen (secondary N) is 1. The predicted octanol–water partition coefficient (Wildman–Crippen LogP) is 5.05. The summed E-state index contributed by atoms with van der Waals surface area (Å²) in [7, 11) is 0. The molecule has 0 aliphatic carbocycles. The van der Waals surface area contributed by atoms with Crippen molar-refractivity contribution < 1.29 is 9.72 Å². The zero-order valence-corrected chi connectivity index (χ0v) is 14.1. The van der Waals surface area contributed by atoms with E-state index in [9.17, 15) is 14.9 Å². The van der Waals surface area contributed by atoms with Crippen molar-refractivity contribution in [2.45, 2.75) is 13.0 Å². The first-order chi connectivity index (χ1) is 10.8. The lowest BCUT2D eigenvalue weighted by molar-refractivity contribution is -0.384. The van der Waals surface area contributed by atoms with Crippen LogP contribution in [-0.4, -0.2) is 10.8 Å². The number of hydrogen-bond acceptors (Lipinski definition) is 3. The first-order valence-electron chi connectivity index (χ1n) is 6.49. The number of nitro benzene ring substituents is 1. The van der Waals surface area contributed by atoms with Gasteiger partial charge in [0, 0.05) is 22.2 Å². The molecule has 120 valence electrons. The van der Waals surface area contributed by atoms with E-state index in [1.54, 1.807) is 25.1 Å². The second kappa shape index (κ2) is 7.17. The summed E-state index contributed by atoms with van der Waals surface area (Å²) in [5, 5.41) is 14.5. The van der Waals surface area contributed by atoms with Crippen LogP contribution in [0.1, 0.15) is 28.9 Å². The van der Waals surface area contributed by atoms with Gasteiger partial charge in [-0.05, 0) is 30.7 Å². The molecule has 2 rings (SSSR count). The Morgan fingerprint density at radius 2 is 1.83 bits per heavy atom. The third kappa shape index (κ3) is 4.13. The fraction of sp³-hybridized carbons (Fsp3) is 0.133. The highest BCUT2D eigenvalue weighted by atomic mass is 35.5. The van der Waals surface area contributed by atoms with Gasteiger partial charge in [-0.2, -0.15) is 0 Å². The van der Waals surface area contributed by atoms with Crippen molar-refractivity contribution in [2.75, 3.05) is 0 Å². The summed E-state index contributed by atoms with van der Waals surface area (Å²) in [6, 6.07) is 8.18. The zero-order valence-electron chi connectivity index (χ0n) is 11.8. The molecule has 0 saturated carbocycles. The van der Waals surface area contributed by atoms with Gasteiger partial charge in [-0.3, -0.25) is 14.9 Å². The third-order valence-corrected chi connectivity index (χ3v) is 4.07. The van der Waals surface area contributed by atoms with Gasteiger partial charge in [-0.1, -0.05) is 40.9 Å². The summed E-state index contributed by atoms with van der Waals surface area (Å²) in [5.41, 5.74) is 0.487. The van der Waals surface area contributed by atoms with E-state index in [1.807, 2.05) is 0 Å². The maximum absolute atomic E-state index is 12.3. The molecule has 1 atom stereocenters. The topological polar surface area (TPSA) is 72.2 Å². The minimum Gasteiger partial charge on any atom is -0.345 e. The van der Waals surface area contributed by atoms with E-state index < -0.39 is 16.9 Å². The molecule has 0 radical (unpaired) electrons. The molecule has 0 unspecified atom stereocenters. The van der Waals surface area contributed by atoms with Gasteiger partial charge in [0.2, 0.25) is 0 Å². The molecule has 0 heterocycles. The lowest BCUT2D eigenvalue weighted by Crippen LogP contribution is -2.27. The van der Waals surface area contributed by atoms with Crippen molar-refractivity contribution in [3.63, 3.8) is 0 Å². The molecule has 0 aliphatic rings. The van der Waals surface area contributed by atoms with Crippen LogP contribution in [0.25, 0.3) is 0 Å². The summed E-state index contributed by atoms with van der Waals surface area (Å²) in [4.78, 5) is 22.5. The number of hydrogen-bond donors (Lipinski definition) is 1. The highest BCUT2D eigenvalue weighted by molar-refractivity contribution is 6.35. The number of halogens is 3. The lowest BCUT2D eigenvalue weighted by Gasteiger charge is -2.16. The van der Waals surface area contributed by atoms with Crippen molar-refractivity contribution in [3.05, 3.63) is 72.7 Å². The smallest absolute Gasteiger partial charge is 0.270 e. The van der Waals surface area contributed by atoms with Crippen molar-refractivity contribution in [1.29, 1.82) is 0 Å². The van der Waals surface area contributed by atoms with Crippen LogP contribution in [0.2, 0.25) is 15.1 Å². The fourth-order valence-electron chi connectivity index (χ4n) is 2.01. The van der Waals surface area contributed by atoms with E-state index in [-0.39, 0.29) is 16.3 Å². The average Bonchev–Trinajstić information content (AvgIpc) is 2.46. The molecule has 0 aromatic heterocycles. The molecule has 0 aliphatic heterocycles. The molecule has 5 nitrogen and oxygen atoms in total. The largest absolute Gasteiger partial charge is 0.345 e. The van der Waals surface area contributed by atoms with Crippen LogP contribution >= 0.6 is 34.8 Å². The van der Waals surface area contributed by atoms with Crippen molar-refractivity contribution in [1.82, 2.24) is 5.32 Å². The number of carbonyl (C=O) groups is 1. The number of nitro groups is 1. The number of amides is 1. The second-order valence-corrected chi connectivity index (χ2v) is 6.03. The highest BCUT2D eigenvalue weighted by Crippen LogP contribution is 2.27. The molecule has 2 aromatic rings. The van der Waals surface area contributed by atoms with Gasteiger partial charge in [0.1, 0.15) is 0 Å². The maximum atomic E-state index is 12.3. The van der Waals surface area contributed by atoms with E-state index in [1.165, 1.54) is 12.1 Å². The quantitative estimate of drug-likeness (QED) is 0.602. The molecule has 23 heavy (non-hydrogen) atoms. The summed E-state index contributed by atoms with van der Waals surface area (Å²) < 4.78 is 0. The Hall–Kier alpha value is -1.82. The standard InChI is InChI=1S/C15H11Cl3N2O3/c1-8(11-4-2-9(16)6-14(11)18)19-15(21)12-7-10(20(22)23)3-5-13(12)17/h2-8H,1H3,(H,19,21)/t8-/m1/s1. The minimum absolute atomic E-state index is 0.0257. The van der Waals surface area contributed by atoms with Crippen LogP contribution in [0, 0.1) is 10.1 Å². The van der Waals surface area contributed by atoms with Gasteiger partial charge in [-0.15, -0.1) is 0 Å². The van der Waals surface area contributed by atoms with Gasteiger partial charge in [0.15, 0.2) is 0 Å². The van der Waals surface area contributed by atoms with Crippen LogP contribution < -0.4 is 5.32 Å². The molecule has 1 amide bonds. The number of non-ortho nitro benzene ring substituents is 1. The second-order valence-electron chi connectivity index (χ2n) is 4.78. The SMILES string of the molecule is C[C@@H](NC(=O)c1cc([N+](=O)[O-])ccc1Cl)c1ccc(Cl)cc1Cl. The Morgan fingerprint density at radius 3 is 2.43 bits per heavy atom. The Kier molecular flexibility index (Phi) is 5.46. The maximum Gasteiger partial charge on any atom is 0.270 e. The van der Waals surface area contributed by atoms with Crippen LogP contribution in [-0.2, 0) is 0 Å². The Morgan fingerprint density at radius 1 is 1.13 bits per heavy atom. The van der Waals surface area contributed by atoms with Gasteiger partial charge in [-0.25, -0.2) is 0 Å². The van der Waals surface area contributed by atoms with Gasteiger partial charge < -0.3 is 5.32 Å². The highest BCUT2D eigenvalue weighted by Gasteiger charge is 2.19. The molecule has 0 bridgehead atoms. The summed E-state index contributed by atoms with van der Waals surface area (Å²) in [6.07, 6.45) is 0. The van der Waals surface area contributed by atoms with Gasteiger partial charge in [0.25, 0.3) is 11.6 Å². The van der Waals surface area contributed by atoms with Gasteiger partial charge in [0.05, 0.1) is 21.6 Å². The van der Waals surface area contributed by atoms with E-state index in [4.69, 9.17) is 34.8 Å². The van der Waals surface area contributed by atoms with E-state index >= 15 is 0 Å². The van der Waals surface area contributed by atoms with Crippen molar-refractivity contribution in [3.8, 4) is 0 Å². The Balaban J connectivity index is 2.24. The monoisotopic (exact) mass is 372 g/mol. The predicted molar refractivity (Wildman–Crippen MR) is 90.4 cm³/mol. The molecular formula is C15H11Cl3N2O3. The fourth-order valence-corrected chi connectivity index (χ4v) is 2.78. The molecular weight excluding hydrogens is 363 g/mol. The first-order valence-corrected chi connectivity index (χ1v) is 7.62. The minimum atomic E-state index is -0.591. The van der Waals surface area contributed by atoms with Gasteiger partial charge >= 0.3 is 0 Å². The molecule has 0 spiro atoms. The van der Waals surface area contributed by atoms with Crippen LogP contribution in [0.15, 0.2) is 36.4 Å². The van der Waals surface area contributed by atoms with E-state index in [0.717, 1.165) is 6.07 Å². The van der Waals surface area contributed by atoms with Crippen molar-refractivity contribution in [2.24, 2.45) is 0 Å². The van der Waals surface area contributed by atoms with Crippen LogP contribution in [0.5, 0.6) is 0 Å². The normalized spacial score (nSPS) is 11.8. The molecule has 0 saturated heterocycles. The third-order valence-electron chi connectivity index (χ3n) is 3.18. The first kappa shape index (κ1) is 17.5. The molecule has 1 N–H and O–H groups in total. The zero-order chi connectivity index (χ0) is 17.1. The Bertz CT molecular complexity index is 781. The molecule has 0 fully saturated rings. The lowest BCUT2D eigenvalue weighted by atomic mass is 10.1. The Labute approximate surface area is 147 Å².